The smallest absolute Gasteiger partial charge is 0.0437 e. The van der Waals surface area contributed by atoms with E-state index in [1.54, 1.807) is 0 Å². The van der Waals surface area contributed by atoms with Gasteiger partial charge in [0, 0.05) is 11.9 Å². The van der Waals surface area contributed by atoms with Crippen LogP contribution < -0.4 is 0 Å². The average molecular weight is 161 g/mol. The van der Waals surface area contributed by atoms with E-state index in [-0.39, 0.29) is 0 Å². The van der Waals surface area contributed by atoms with Crippen molar-refractivity contribution in [2.45, 2.75) is 39.0 Å². The quantitative estimate of drug-likeness (QED) is 0.517. The summed E-state index contributed by atoms with van der Waals surface area (Å²) in [5, 5.41) is 0. The van der Waals surface area contributed by atoms with Gasteiger partial charge in [-0.2, -0.15) is 0 Å². The number of aliphatic imine (C=N–C) groups is 1. The van der Waals surface area contributed by atoms with Crippen molar-refractivity contribution in [1.82, 2.24) is 0 Å². The van der Waals surface area contributed by atoms with Gasteiger partial charge < -0.3 is 0 Å². The van der Waals surface area contributed by atoms with Crippen LogP contribution in [-0.4, -0.2) is 6.21 Å². The molecule has 1 aliphatic carbocycles. The normalized spacial score (nSPS) is 23.2. The molecule has 0 amide bonds. The van der Waals surface area contributed by atoms with Crippen molar-refractivity contribution in [3.63, 3.8) is 0 Å². The number of allylic oxidation sites excluding steroid dienone is 4. The third-order valence-electron chi connectivity index (χ3n) is 2.66. The van der Waals surface area contributed by atoms with E-state index in [9.17, 15) is 0 Å². The second kappa shape index (κ2) is 3.26. The predicted molar refractivity (Wildman–Crippen MR) is 52.4 cm³/mol. The van der Waals surface area contributed by atoms with Gasteiger partial charge in [-0.15, -0.1) is 0 Å². The highest BCUT2D eigenvalue weighted by Gasteiger charge is 2.13. The molecule has 1 heteroatoms. The van der Waals surface area contributed by atoms with Crippen LogP contribution in [0.2, 0.25) is 0 Å². The van der Waals surface area contributed by atoms with Crippen LogP contribution in [0.3, 0.4) is 0 Å². The summed E-state index contributed by atoms with van der Waals surface area (Å²) in [6.45, 7) is 2.22. The molecule has 0 saturated carbocycles. The number of nitrogens with zero attached hydrogens (tertiary/aromatic N) is 1. The van der Waals surface area contributed by atoms with E-state index >= 15 is 0 Å². The van der Waals surface area contributed by atoms with Gasteiger partial charge in [0.2, 0.25) is 0 Å². The zero-order valence-electron chi connectivity index (χ0n) is 7.64. The van der Waals surface area contributed by atoms with E-state index in [0.717, 1.165) is 12.8 Å². The zero-order chi connectivity index (χ0) is 8.39. The van der Waals surface area contributed by atoms with Gasteiger partial charge in [0.25, 0.3) is 0 Å². The molecule has 2 aliphatic rings. The van der Waals surface area contributed by atoms with Crippen LogP contribution in [0.5, 0.6) is 0 Å². The van der Waals surface area contributed by atoms with Gasteiger partial charge in [0.05, 0.1) is 0 Å². The summed E-state index contributed by atoms with van der Waals surface area (Å²) in [6.07, 6.45) is 10.4. The molecular formula is C11H15N. The van der Waals surface area contributed by atoms with Gasteiger partial charge in [-0.1, -0.05) is 11.6 Å². The highest BCUT2D eigenvalue weighted by Crippen LogP contribution is 2.30. The Bertz CT molecular complexity index is 269. The third-order valence-corrected chi connectivity index (χ3v) is 2.66. The van der Waals surface area contributed by atoms with Crippen molar-refractivity contribution in [1.29, 1.82) is 0 Å². The van der Waals surface area contributed by atoms with Crippen molar-refractivity contribution in [3.8, 4) is 0 Å². The van der Waals surface area contributed by atoms with Crippen molar-refractivity contribution in [3.05, 3.63) is 22.9 Å². The predicted octanol–water partition coefficient (Wildman–Crippen LogP) is 3.24. The Morgan fingerprint density at radius 3 is 3.08 bits per heavy atom. The van der Waals surface area contributed by atoms with Gasteiger partial charge in [-0.05, 0) is 44.6 Å². The summed E-state index contributed by atoms with van der Waals surface area (Å²) in [4.78, 5) is 4.51. The minimum absolute atomic E-state index is 1.15. The maximum atomic E-state index is 4.51. The first-order valence-corrected chi connectivity index (χ1v) is 4.79. The molecule has 1 nitrogen and oxygen atoms in total. The lowest BCUT2D eigenvalue weighted by atomic mass is 9.93. The average Bonchev–Trinajstić information content (AvgIpc) is 2.30. The molecular weight excluding hydrogens is 146 g/mol. The van der Waals surface area contributed by atoms with E-state index in [1.807, 2.05) is 0 Å². The first-order valence-electron chi connectivity index (χ1n) is 4.79. The summed E-state index contributed by atoms with van der Waals surface area (Å²) in [6, 6.07) is 0. The molecule has 1 aliphatic heterocycles. The van der Waals surface area contributed by atoms with Crippen LogP contribution in [0.1, 0.15) is 39.0 Å². The SMILES string of the molecule is CC1=CCCC2=C1CCCC=N2. The minimum Gasteiger partial charge on any atom is -0.265 e. The number of hydrogen-bond acceptors (Lipinski definition) is 1. The van der Waals surface area contributed by atoms with Crippen molar-refractivity contribution in [2.24, 2.45) is 4.99 Å². The van der Waals surface area contributed by atoms with Crippen LogP contribution in [0, 0.1) is 0 Å². The number of hydrogen-bond donors (Lipinski definition) is 0. The molecule has 0 radical (unpaired) electrons. The largest absolute Gasteiger partial charge is 0.265 e. The molecule has 2 rings (SSSR count). The molecule has 0 spiro atoms. The van der Waals surface area contributed by atoms with Crippen molar-refractivity contribution in [2.75, 3.05) is 0 Å². The van der Waals surface area contributed by atoms with Crippen LogP contribution >= 0.6 is 0 Å². The minimum atomic E-state index is 1.15. The Kier molecular flexibility index (Phi) is 2.11. The molecule has 0 unspecified atom stereocenters. The summed E-state index contributed by atoms with van der Waals surface area (Å²) in [5.41, 5.74) is 4.35. The van der Waals surface area contributed by atoms with Crippen molar-refractivity contribution >= 4 is 6.21 Å². The fraction of sp³-hybridized carbons (Fsp3) is 0.545. The summed E-state index contributed by atoms with van der Waals surface area (Å²) in [5.74, 6) is 0. The highest BCUT2D eigenvalue weighted by atomic mass is 14.7. The molecule has 0 aromatic carbocycles. The molecule has 0 N–H and O–H groups in total. The Labute approximate surface area is 73.9 Å². The zero-order valence-corrected chi connectivity index (χ0v) is 7.64. The van der Waals surface area contributed by atoms with Crippen LogP contribution in [0.4, 0.5) is 0 Å². The lowest BCUT2D eigenvalue weighted by molar-refractivity contribution is 0.829. The maximum Gasteiger partial charge on any atom is 0.0437 e. The van der Waals surface area contributed by atoms with Gasteiger partial charge in [0.15, 0.2) is 0 Å². The maximum absolute atomic E-state index is 4.51. The Balaban J connectivity index is 2.34. The molecule has 64 valence electrons. The van der Waals surface area contributed by atoms with E-state index in [0.29, 0.717) is 0 Å². The first-order chi connectivity index (χ1) is 5.88. The van der Waals surface area contributed by atoms with E-state index in [4.69, 9.17) is 0 Å². The number of rotatable bonds is 0. The topological polar surface area (TPSA) is 12.4 Å². The van der Waals surface area contributed by atoms with E-state index in [1.165, 1.54) is 36.1 Å². The van der Waals surface area contributed by atoms with Crippen molar-refractivity contribution < 1.29 is 0 Å². The molecule has 0 fully saturated rings. The standard InChI is InChI=1S/C11H15N/c1-9-5-4-7-11-10(9)6-2-3-8-12-11/h5,8H,2-4,6-7H2,1H3. The molecule has 12 heavy (non-hydrogen) atoms. The van der Waals surface area contributed by atoms with Crippen LogP contribution in [-0.2, 0) is 0 Å². The molecule has 0 aromatic rings. The molecule has 0 atom stereocenters. The fourth-order valence-corrected chi connectivity index (χ4v) is 1.96. The highest BCUT2D eigenvalue weighted by molar-refractivity contribution is 5.61. The van der Waals surface area contributed by atoms with Gasteiger partial charge >= 0.3 is 0 Å². The summed E-state index contributed by atoms with van der Waals surface area (Å²) in [7, 11) is 0. The van der Waals surface area contributed by atoms with E-state index < -0.39 is 0 Å². The monoisotopic (exact) mass is 161 g/mol. The van der Waals surface area contributed by atoms with E-state index in [2.05, 4.69) is 24.2 Å². The Morgan fingerprint density at radius 1 is 1.25 bits per heavy atom. The second-order valence-electron chi connectivity index (χ2n) is 3.55. The lowest BCUT2D eigenvalue weighted by Gasteiger charge is -2.15. The van der Waals surface area contributed by atoms with Gasteiger partial charge in [0.1, 0.15) is 0 Å². The molecule has 0 bridgehead atoms. The lowest BCUT2D eigenvalue weighted by Crippen LogP contribution is -1.96. The first kappa shape index (κ1) is 7.78. The fourth-order valence-electron chi connectivity index (χ4n) is 1.96. The molecule has 1 heterocycles. The molecule has 0 aromatic heterocycles. The summed E-state index contributed by atoms with van der Waals surface area (Å²) >= 11 is 0. The Hall–Kier alpha value is -0.850. The second-order valence-corrected chi connectivity index (χ2v) is 3.55. The van der Waals surface area contributed by atoms with Crippen LogP contribution in [0.15, 0.2) is 27.9 Å². The van der Waals surface area contributed by atoms with Gasteiger partial charge in [-0.3, -0.25) is 4.99 Å². The summed E-state index contributed by atoms with van der Waals surface area (Å²) < 4.78 is 0. The molecule has 0 saturated heterocycles. The van der Waals surface area contributed by atoms with Crippen LogP contribution in [0.25, 0.3) is 0 Å². The third kappa shape index (κ3) is 1.36. The van der Waals surface area contributed by atoms with Gasteiger partial charge in [-0.25, -0.2) is 0 Å². The Morgan fingerprint density at radius 2 is 2.17 bits per heavy atom.